The number of methoxy groups -OCH3 is 2. The average molecular weight is 381 g/mol. The number of benzene rings is 2. The molecular weight excluding hydrogens is 358 g/mol. The van der Waals surface area contributed by atoms with Gasteiger partial charge in [0.2, 0.25) is 17.7 Å². The van der Waals surface area contributed by atoms with E-state index in [1.165, 1.54) is 0 Å². The number of nitrogens with one attached hydrogen (secondary N) is 1. The van der Waals surface area contributed by atoms with E-state index >= 15 is 0 Å². The molecule has 1 amide bonds. The van der Waals surface area contributed by atoms with Crippen LogP contribution in [0.2, 0.25) is 0 Å². The predicted octanol–water partition coefficient (Wildman–Crippen LogP) is 3.06. The second-order valence-electron chi connectivity index (χ2n) is 6.19. The van der Waals surface area contributed by atoms with Gasteiger partial charge in [-0.1, -0.05) is 42.5 Å². The summed E-state index contributed by atoms with van der Waals surface area (Å²) in [5.74, 6) is 1.49. The van der Waals surface area contributed by atoms with Crippen LogP contribution in [0.25, 0.3) is 0 Å². The Labute approximate surface area is 163 Å². The number of amides is 1. The van der Waals surface area contributed by atoms with Crippen LogP contribution in [-0.2, 0) is 22.5 Å². The summed E-state index contributed by atoms with van der Waals surface area (Å²) in [6, 6.07) is 17.2. The largest absolute Gasteiger partial charge is 0.497 e. The zero-order valence-electron chi connectivity index (χ0n) is 15.9. The molecule has 0 unspecified atom stereocenters. The third-order valence-electron chi connectivity index (χ3n) is 4.26. The van der Waals surface area contributed by atoms with Crippen LogP contribution in [0, 0.1) is 0 Å². The van der Waals surface area contributed by atoms with E-state index in [1.807, 2.05) is 54.6 Å². The highest BCUT2D eigenvalue weighted by molar-refractivity contribution is 5.76. The molecule has 7 heteroatoms. The smallest absolute Gasteiger partial charge is 0.249 e. The van der Waals surface area contributed by atoms with Gasteiger partial charge in [-0.25, -0.2) is 0 Å². The maximum atomic E-state index is 12.1. The summed E-state index contributed by atoms with van der Waals surface area (Å²) in [7, 11) is 3.21. The molecule has 0 saturated heterocycles. The Hall–Kier alpha value is -3.19. The molecule has 3 rings (SSSR count). The molecule has 0 aliphatic rings. The number of nitrogens with zero attached hydrogens (tertiary/aromatic N) is 2. The number of carbonyl (C=O) groups excluding carboxylic acids is 1. The highest BCUT2D eigenvalue weighted by atomic mass is 16.5. The Kier molecular flexibility index (Phi) is 6.75. The van der Waals surface area contributed by atoms with E-state index in [1.54, 1.807) is 14.2 Å². The Bertz CT molecular complexity index is 878. The Morgan fingerprint density at radius 2 is 1.82 bits per heavy atom. The van der Waals surface area contributed by atoms with E-state index in [-0.39, 0.29) is 12.3 Å². The van der Waals surface area contributed by atoms with Crippen LogP contribution < -0.4 is 10.1 Å². The van der Waals surface area contributed by atoms with Crippen molar-refractivity contribution in [2.24, 2.45) is 0 Å². The number of ether oxygens (including phenoxy) is 2. The molecular formula is C21H23N3O4. The van der Waals surface area contributed by atoms with Gasteiger partial charge >= 0.3 is 0 Å². The first kappa shape index (κ1) is 19.6. The average Bonchev–Trinajstić information content (AvgIpc) is 3.21. The summed E-state index contributed by atoms with van der Waals surface area (Å²) in [5.41, 5.74) is 1.93. The van der Waals surface area contributed by atoms with Crippen LogP contribution in [0.4, 0.5) is 0 Å². The second kappa shape index (κ2) is 9.66. The second-order valence-corrected chi connectivity index (χ2v) is 6.19. The maximum Gasteiger partial charge on any atom is 0.249 e. The van der Waals surface area contributed by atoms with Crippen molar-refractivity contribution >= 4 is 5.91 Å². The molecule has 2 aromatic carbocycles. The van der Waals surface area contributed by atoms with Crippen LogP contribution >= 0.6 is 0 Å². The molecule has 1 N–H and O–H groups in total. The first-order valence-corrected chi connectivity index (χ1v) is 8.99. The van der Waals surface area contributed by atoms with Crippen molar-refractivity contribution in [3.05, 3.63) is 77.5 Å². The summed E-state index contributed by atoms with van der Waals surface area (Å²) in [6.07, 6.45) is 0.208. The summed E-state index contributed by atoms with van der Waals surface area (Å²) in [4.78, 5) is 12.1. The van der Waals surface area contributed by atoms with E-state index in [4.69, 9.17) is 13.9 Å². The van der Waals surface area contributed by atoms with Crippen molar-refractivity contribution in [2.75, 3.05) is 14.2 Å². The molecule has 0 bridgehead atoms. The molecule has 1 atom stereocenters. The lowest BCUT2D eigenvalue weighted by atomic mass is 10.1. The third kappa shape index (κ3) is 5.17. The number of rotatable bonds is 9. The molecule has 1 aromatic heterocycles. The van der Waals surface area contributed by atoms with E-state index in [0.29, 0.717) is 24.7 Å². The van der Waals surface area contributed by atoms with Gasteiger partial charge in [0, 0.05) is 26.5 Å². The van der Waals surface area contributed by atoms with Gasteiger partial charge in [-0.2, -0.15) is 0 Å². The van der Waals surface area contributed by atoms with Crippen LogP contribution in [-0.4, -0.2) is 30.3 Å². The van der Waals surface area contributed by atoms with Crippen LogP contribution in [0.1, 0.15) is 35.4 Å². The fourth-order valence-corrected chi connectivity index (χ4v) is 2.73. The summed E-state index contributed by atoms with van der Waals surface area (Å²) >= 11 is 0. The lowest BCUT2D eigenvalue weighted by molar-refractivity contribution is -0.121. The van der Waals surface area contributed by atoms with Crippen molar-refractivity contribution in [1.82, 2.24) is 15.5 Å². The van der Waals surface area contributed by atoms with Crippen molar-refractivity contribution in [3.8, 4) is 5.75 Å². The van der Waals surface area contributed by atoms with Crippen molar-refractivity contribution in [3.63, 3.8) is 0 Å². The zero-order chi connectivity index (χ0) is 19.8. The van der Waals surface area contributed by atoms with Crippen molar-refractivity contribution in [2.45, 2.75) is 25.5 Å². The SMILES string of the molecule is COc1ccc(CNC(=O)CCc2nnc([C@@H](OC)c3ccccc3)o2)cc1. The Morgan fingerprint density at radius 1 is 1.07 bits per heavy atom. The molecule has 0 spiro atoms. The minimum absolute atomic E-state index is 0.0816. The van der Waals surface area contributed by atoms with Gasteiger partial charge in [0.25, 0.3) is 0 Å². The Morgan fingerprint density at radius 3 is 2.50 bits per heavy atom. The minimum atomic E-state index is -0.425. The number of aryl methyl sites for hydroxylation is 1. The topological polar surface area (TPSA) is 86.5 Å². The fourth-order valence-electron chi connectivity index (χ4n) is 2.73. The van der Waals surface area contributed by atoms with Gasteiger partial charge < -0.3 is 19.2 Å². The van der Waals surface area contributed by atoms with Crippen LogP contribution in [0.15, 0.2) is 59.0 Å². The van der Waals surface area contributed by atoms with Crippen molar-refractivity contribution < 1.29 is 18.7 Å². The van der Waals surface area contributed by atoms with Crippen LogP contribution in [0.5, 0.6) is 5.75 Å². The van der Waals surface area contributed by atoms with Crippen molar-refractivity contribution in [1.29, 1.82) is 0 Å². The monoisotopic (exact) mass is 381 g/mol. The van der Waals surface area contributed by atoms with Crippen LogP contribution in [0.3, 0.4) is 0 Å². The highest BCUT2D eigenvalue weighted by Crippen LogP contribution is 2.24. The van der Waals surface area contributed by atoms with Gasteiger partial charge in [0.05, 0.1) is 7.11 Å². The normalized spacial score (nSPS) is 11.8. The third-order valence-corrected chi connectivity index (χ3v) is 4.26. The first-order valence-electron chi connectivity index (χ1n) is 8.99. The highest BCUT2D eigenvalue weighted by Gasteiger charge is 2.20. The number of carbonyl (C=O) groups is 1. The van der Waals surface area contributed by atoms with Gasteiger partial charge in [0.1, 0.15) is 5.75 Å². The van der Waals surface area contributed by atoms with E-state index in [9.17, 15) is 4.79 Å². The van der Waals surface area contributed by atoms with E-state index < -0.39 is 6.10 Å². The lowest BCUT2D eigenvalue weighted by Crippen LogP contribution is -2.23. The predicted molar refractivity (Wildman–Crippen MR) is 103 cm³/mol. The summed E-state index contributed by atoms with van der Waals surface area (Å²) < 4.78 is 16.3. The number of hydrogen-bond donors (Lipinski definition) is 1. The first-order chi connectivity index (χ1) is 13.7. The molecule has 1 heterocycles. The zero-order valence-corrected chi connectivity index (χ0v) is 15.9. The molecule has 0 radical (unpaired) electrons. The molecule has 0 fully saturated rings. The van der Waals surface area contributed by atoms with E-state index in [2.05, 4.69) is 15.5 Å². The summed E-state index contributed by atoms with van der Waals surface area (Å²) in [5, 5.41) is 11.0. The molecule has 7 nitrogen and oxygen atoms in total. The van der Waals surface area contributed by atoms with Gasteiger partial charge in [-0.15, -0.1) is 10.2 Å². The molecule has 0 saturated carbocycles. The number of aromatic nitrogens is 2. The minimum Gasteiger partial charge on any atom is -0.497 e. The molecule has 0 aliphatic heterocycles. The Balaban J connectivity index is 1.50. The number of hydrogen-bond acceptors (Lipinski definition) is 6. The maximum absolute atomic E-state index is 12.1. The molecule has 28 heavy (non-hydrogen) atoms. The standard InChI is InChI=1S/C21H23N3O4/c1-26-17-10-8-15(9-11-17)14-22-18(25)12-13-19-23-24-21(28-19)20(27-2)16-6-4-3-5-7-16/h3-11,20H,12-14H2,1-2H3,(H,22,25)/t20-/m0/s1. The van der Waals surface area contributed by atoms with Gasteiger partial charge in [-0.3, -0.25) is 4.79 Å². The molecule has 146 valence electrons. The van der Waals surface area contributed by atoms with Gasteiger partial charge in [0.15, 0.2) is 6.10 Å². The molecule has 0 aliphatic carbocycles. The fraction of sp³-hybridized carbons (Fsp3) is 0.286. The molecule has 3 aromatic rings. The quantitative estimate of drug-likeness (QED) is 0.613. The lowest BCUT2D eigenvalue weighted by Gasteiger charge is -2.10. The van der Waals surface area contributed by atoms with Gasteiger partial charge in [-0.05, 0) is 23.3 Å². The summed E-state index contributed by atoms with van der Waals surface area (Å²) in [6.45, 7) is 0.456. The van der Waals surface area contributed by atoms with E-state index in [0.717, 1.165) is 16.9 Å².